The smallest absolute Gasteiger partial charge is 0.0346 e. The molecule has 0 radical (unpaired) electrons. The van der Waals surface area contributed by atoms with E-state index in [2.05, 4.69) is 156 Å². The molecule has 0 spiro atoms. The Bertz CT molecular complexity index is 2930. The van der Waals surface area contributed by atoms with Crippen LogP contribution in [0.25, 0.3) is 109 Å². The van der Waals surface area contributed by atoms with Gasteiger partial charge in [0.05, 0.1) is 0 Å². The highest BCUT2D eigenvalue weighted by Gasteiger charge is 2.22. The fourth-order valence-electron chi connectivity index (χ4n) is 8.61. The first-order valence-electron chi connectivity index (χ1n) is 17.8. The lowest BCUT2D eigenvalue weighted by Crippen LogP contribution is -1.94. The lowest BCUT2D eigenvalue weighted by atomic mass is 9.81. The van der Waals surface area contributed by atoms with E-state index in [0.29, 0.717) is 0 Å². The molecule has 11 rings (SSSR count). The van der Waals surface area contributed by atoms with Gasteiger partial charge in [-0.3, -0.25) is 9.97 Å². The van der Waals surface area contributed by atoms with Gasteiger partial charge in [-0.05, 0) is 122 Å². The Kier molecular flexibility index (Phi) is 6.28. The summed E-state index contributed by atoms with van der Waals surface area (Å²) in [5, 5.41) is 15.1. The number of aromatic nitrogens is 2. The van der Waals surface area contributed by atoms with Gasteiger partial charge in [0.1, 0.15) is 0 Å². The number of hydrogen-bond acceptors (Lipinski definition) is 2. The molecule has 11 aromatic rings. The van der Waals surface area contributed by atoms with Crippen LogP contribution in [0.3, 0.4) is 0 Å². The molecule has 2 aromatic heterocycles. The summed E-state index contributed by atoms with van der Waals surface area (Å²) in [5.41, 5.74) is 9.48. The quantitative estimate of drug-likeness (QED) is 0.139. The Morgan fingerprint density at radius 2 is 0.654 bits per heavy atom. The van der Waals surface area contributed by atoms with Gasteiger partial charge in [0, 0.05) is 35.9 Å². The highest BCUT2D eigenvalue weighted by molar-refractivity contribution is 6.38. The summed E-state index contributed by atoms with van der Waals surface area (Å²) in [7, 11) is 0. The fraction of sp³-hybridized carbons (Fsp3) is 0. The van der Waals surface area contributed by atoms with Crippen molar-refractivity contribution >= 4 is 64.6 Å². The maximum absolute atomic E-state index is 4.55. The lowest BCUT2D eigenvalue weighted by Gasteiger charge is -2.22. The van der Waals surface area contributed by atoms with Crippen LogP contribution in [-0.4, -0.2) is 9.97 Å². The topological polar surface area (TPSA) is 25.8 Å². The van der Waals surface area contributed by atoms with Gasteiger partial charge in [-0.25, -0.2) is 0 Å². The summed E-state index contributed by atoms with van der Waals surface area (Å²) in [6.07, 6.45) is 7.68. The minimum Gasteiger partial charge on any atom is -0.264 e. The molecular formula is C50H30N2. The number of fused-ring (bicyclic) bond motifs is 4. The maximum atomic E-state index is 4.55. The van der Waals surface area contributed by atoms with E-state index in [0.717, 1.165) is 11.1 Å². The molecule has 240 valence electrons. The molecule has 0 aliphatic carbocycles. The Morgan fingerprint density at radius 3 is 1.04 bits per heavy atom. The third-order valence-electron chi connectivity index (χ3n) is 11.0. The molecule has 0 N–H and O–H groups in total. The molecule has 0 unspecified atom stereocenters. The predicted molar refractivity (Wildman–Crippen MR) is 220 cm³/mol. The van der Waals surface area contributed by atoms with Gasteiger partial charge in [0.15, 0.2) is 0 Å². The summed E-state index contributed by atoms with van der Waals surface area (Å²) in [6, 6.07) is 58.0. The lowest BCUT2D eigenvalue weighted by molar-refractivity contribution is 1.33. The molecule has 0 saturated heterocycles. The average Bonchev–Trinajstić information content (AvgIpc) is 3.22. The van der Waals surface area contributed by atoms with Crippen LogP contribution in [0.2, 0.25) is 0 Å². The molecule has 2 heteroatoms. The zero-order chi connectivity index (χ0) is 34.2. The van der Waals surface area contributed by atoms with Crippen molar-refractivity contribution in [2.75, 3.05) is 0 Å². The van der Waals surface area contributed by atoms with Gasteiger partial charge >= 0.3 is 0 Å². The Morgan fingerprint density at radius 1 is 0.269 bits per heavy atom. The standard InChI is InChI=1S/C50H30N2/c1-3-9-33-27-35(15-13-31(33)7-1)39-17-21-43-46-24-20-42(38-12-6-26-52-30-38)48-40(36-16-14-32-8-2-4-10-34(32)28-36)18-22-44(50(46)48)45-23-19-41(47(39)49(43)45)37-11-5-25-51-29-37/h1-30H. The van der Waals surface area contributed by atoms with Gasteiger partial charge in [-0.15, -0.1) is 0 Å². The van der Waals surface area contributed by atoms with Gasteiger partial charge in [-0.1, -0.05) is 133 Å². The second kappa shape index (κ2) is 11.3. The SMILES string of the molecule is c1cncc(-c2ccc3c4ccc(-c5ccc6ccccc6c5)c5c(-c6cccnc6)ccc(c6ccc(-c7ccc8ccccc8c7)c2c36)c54)c1. The van der Waals surface area contributed by atoms with Crippen molar-refractivity contribution in [1.82, 2.24) is 9.97 Å². The van der Waals surface area contributed by atoms with Crippen LogP contribution >= 0.6 is 0 Å². The largest absolute Gasteiger partial charge is 0.264 e. The average molecular weight is 659 g/mol. The van der Waals surface area contributed by atoms with Crippen molar-refractivity contribution in [2.45, 2.75) is 0 Å². The van der Waals surface area contributed by atoms with Gasteiger partial charge in [0.2, 0.25) is 0 Å². The highest BCUT2D eigenvalue weighted by Crippen LogP contribution is 2.50. The Labute approximate surface area is 300 Å². The molecule has 2 nitrogen and oxygen atoms in total. The van der Waals surface area contributed by atoms with Crippen molar-refractivity contribution in [3.8, 4) is 44.5 Å². The van der Waals surface area contributed by atoms with E-state index in [4.69, 9.17) is 0 Å². The number of pyridine rings is 2. The van der Waals surface area contributed by atoms with Crippen molar-refractivity contribution in [3.05, 3.63) is 183 Å². The third-order valence-corrected chi connectivity index (χ3v) is 11.0. The Hall–Kier alpha value is -6.90. The minimum atomic E-state index is 1.11. The van der Waals surface area contributed by atoms with Crippen LogP contribution in [-0.2, 0) is 0 Å². The zero-order valence-corrected chi connectivity index (χ0v) is 28.2. The summed E-state index contributed by atoms with van der Waals surface area (Å²) < 4.78 is 0. The molecule has 0 saturated carbocycles. The zero-order valence-electron chi connectivity index (χ0n) is 28.2. The molecule has 0 atom stereocenters. The monoisotopic (exact) mass is 658 g/mol. The summed E-state index contributed by atoms with van der Waals surface area (Å²) in [5.74, 6) is 0. The maximum Gasteiger partial charge on any atom is 0.0346 e. The predicted octanol–water partition coefficient (Wildman–Crippen LogP) is 13.5. The Balaban J connectivity index is 1.29. The van der Waals surface area contributed by atoms with Crippen LogP contribution in [0.15, 0.2) is 183 Å². The van der Waals surface area contributed by atoms with Crippen molar-refractivity contribution in [2.24, 2.45) is 0 Å². The minimum absolute atomic E-state index is 1.11. The first kappa shape index (κ1) is 28.9. The first-order valence-corrected chi connectivity index (χ1v) is 17.8. The van der Waals surface area contributed by atoms with E-state index < -0.39 is 0 Å². The molecule has 0 aliphatic rings. The summed E-state index contributed by atoms with van der Waals surface area (Å²) in [4.78, 5) is 9.10. The molecule has 0 aliphatic heterocycles. The van der Waals surface area contributed by atoms with Crippen molar-refractivity contribution < 1.29 is 0 Å². The van der Waals surface area contributed by atoms with Crippen molar-refractivity contribution in [3.63, 3.8) is 0 Å². The van der Waals surface area contributed by atoms with Gasteiger partial charge in [0.25, 0.3) is 0 Å². The second-order valence-electron chi connectivity index (χ2n) is 13.7. The number of rotatable bonds is 4. The van der Waals surface area contributed by atoms with E-state index in [1.165, 1.54) is 98.0 Å². The molecule has 2 heterocycles. The molecule has 52 heavy (non-hydrogen) atoms. The number of benzene rings is 9. The van der Waals surface area contributed by atoms with Crippen LogP contribution in [0.1, 0.15) is 0 Å². The summed E-state index contributed by atoms with van der Waals surface area (Å²) in [6.45, 7) is 0. The van der Waals surface area contributed by atoms with E-state index in [-0.39, 0.29) is 0 Å². The van der Waals surface area contributed by atoms with Gasteiger partial charge < -0.3 is 0 Å². The fourth-order valence-corrected chi connectivity index (χ4v) is 8.61. The van der Waals surface area contributed by atoms with E-state index in [1.807, 2.05) is 36.9 Å². The summed E-state index contributed by atoms with van der Waals surface area (Å²) >= 11 is 0. The normalized spacial score (nSPS) is 11.8. The number of hydrogen-bond donors (Lipinski definition) is 0. The third kappa shape index (κ3) is 4.31. The van der Waals surface area contributed by atoms with Crippen LogP contribution < -0.4 is 0 Å². The second-order valence-corrected chi connectivity index (χ2v) is 13.7. The molecule has 0 amide bonds. The van der Waals surface area contributed by atoms with Crippen LogP contribution in [0.5, 0.6) is 0 Å². The van der Waals surface area contributed by atoms with Crippen molar-refractivity contribution in [1.29, 1.82) is 0 Å². The van der Waals surface area contributed by atoms with E-state index in [9.17, 15) is 0 Å². The molecule has 0 bridgehead atoms. The van der Waals surface area contributed by atoms with E-state index >= 15 is 0 Å². The molecule has 9 aromatic carbocycles. The van der Waals surface area contributed by atoms with Crippen LogP contribution in [0.4, 0.5) is 0 Å². The van der Waals surface area contributed by atoms with Crippen LogP contribution in [0, 0.1) is 0 Å². The number of nitrogens with zero attached hydrogens (tertiary/aromatic N) is 2. The highest BCUT2D eigenvalue weighted by atomic mass is 14.6. The molecular weight excluding hydrogens is 629 g/mol. The van der Waals surface area contributed by atoms with E-state index in [1.54, 1.807) is 0 Å². The molecule has 0 fully saturated rings. The first-order chi connectivity index (χ1) is 25.8. The van der Waals surface area contributed by atoms with Gasteiger partial charge in [-0.2, -0.15) is 0 Å².